The second-order valence-electron chi connectivity index (χ2n) is 5.06. The highest BCUT2D eigenvalue weighted by molar-refractivity contribution is 6.32. The Morgan fingerprint density at radius 3 is 2.32 bits per heavy atom. The predicted octanol–water partition coefficient (Wildman–Crippen LogP) is 3.05. The van der Waals surface area contributed by atoms with Crippen molar-refractivity contribution in [3.05, 3.63) is 53.1 Å². The molecule has 0 saturated carbocycles. The molecule has 0 atom stereocenters. The predicted molar refractivity (Wildman–Crippen MR) is 89.5 cm³/mol. The van der Waals surface area contributed by atoms with E-state index in [1.807, 2.05) is 42.5 Å². The van der Waals surface area contributed by atoms with Crippen molar-refractivity contribution < 1.29 is 9.53 Å². The van der Waals surface area contributed by atoms with Gasteiger partial charge in [-0.15, -0.1) is 0 Å². The molecule has 116 valence electrons. The Balaban J connectivity index is 2.21. The molecular weight excluding hydrogens is 300 g/mol. The van der Waals surface area contributed by atoms with Crippen LogP contribution in [-0.4, -0.2) is 38.1 Å². The second-order valence-corrected chi connectivity index (χ2v) is 5.47. The Morgan fingerprint density at radius 1 is 1.14 bits per heavy atom. The van der Waals surface area contributed by atoms with E-state index in [4.69, 9.17) is 22.1 Å². The molecule has 0 radical (unpaired) electrons. The summed E-state index contributed by atoms with van der Waals surface area (Å²) in [7, 11) is 3.46. The topological polar surface area (TPSA) is 55.6 Å². The monoisotopic (exact) mass is 318 g/mol. The highest BCUT2D eigenvalue weighted by atomic mass is 35.5. The van der Waals surface area contributed by atoms with Gasteiger partial charge in [0.25, 0.3) is 5.91 Å². The number of hydrogen-bond acceptors (Lipinski definition) is 3. The summed E-state index contributed by atoms with van der Waals surface area (Å²) in [6, 6.07) is 13.0. The van der Waals surface area contributed by atoms with E-state index in [9.17, 15) is 4.79 Å². The minimum atomic E-state index is -0.0184. The van der Waals surface area contributed by atoms with E-state index in [1.54, 1.807) is 19.0 Å². The quantitative estimate of drug-likeness (QED) is 0.922. The average molecular weight is 319 g/mol. The first-order valence-corrected chi connectivity index (χ1v) is 7.35. The second kappa shape index (κ2) is 7.29. The smallest absolute Gasteiger partial charge is 0.253 e. The summed E-state index contributed by atoms with van der Waals surface area (Å²) in [4.78, 5) is 13.4. The van der Waals surface area contributed by atoms with Crippen LogP contribution >= 0.6 is 11.6 Å². The Bertz CT molecular complexity index is 654. The van der Waals surface area contributed by atoms with Crippen LogP contribution < -0.4 is 10.5 Å². The van der Waals surface area contributed by atoms with Gasteiger partial charge in [-0.2, -0.15) is 0 Å². The van der Waals surface area contributed by atoms with Crippen molar-refractivity contribution in [2.45, 2.75) is 0 Å². The molecule has 0 spiro atoms. The van der Waals surface area contributed by atoms with Crippen molar-refractivity contribution in [1.29, 1.82) is 0 Å². The summed E-state index contributed by atoms with van der Waals surface area (Å²) in [5.74, 6) is 0.602. The molecule has 0 bridgehead atoms. The summed E-state index contributed by atoms with van der Waals surface area (Å²) >= 11 is 6.21. The molecule has 0 aromatic heterocycles. The van der Waals surface area contributed by atoms with E-state index < -0.39 is 0 Å². The summed E-state index contributed by atoms with van der Waals surface area (Å²) in [6.45, 7) is 0.875. The molecule has 0 unspecified atom stereocenters. The fourth-order valence-corrected chi connectivity index (χ4v) is 2.26. The molecule has 0 aliphatic heterocycles. The Morgan fingerprint density at radius 2 is 1.77 bits per heavy atom. The lowest BCUT2D eigenvalue weighted by Crippen LogP contribution is -2.21. The molecule has 22 heavy (non-hydrogen) atoms. The van der Waals surface area contributed by atoms with Crippen LogP contribution in [0.1, 0.15) is 10.4 Å². The van der Waals surface area contributed by atoms with Crippen molar-refractivity contribution >= 4 is 17.5 Å². The van der Waals surface area contributed by atoms with E-state index in [0.29, 0.717) is 29.5 Å². The van der Waals surface area contributed by atoms with Gasteiger partial charge in [-0.1, -0.05) is 29.8 Å². The third-order valence-corrected chi connectivity index (χ3v) is 3.47. The van der Waals surface area contributed by atoms with Gasteiger partial charge in [-0.25, -0.2) is 0 Å². The van der Waals surface area contributed by atoms with Gasteiger partial charge in [0.05, 0.1) is 5.02 Å². The number of amides is 1. The van der Waals surface area contributed by atoms with Crippen LogP contribution in [0.4, 0.5) is 0 Å². The third kappa shape index (κ3) is 3.78. The van der Waals surface area contributed by atoms with Gasteiger partial charge >= 0.3 is 0 Å². The molecule has 4 nitrogen and oxygen atoms in total. The first kappa shape index (κ1) is 16.3. The zero-order valence-electron chi connectivity index (χ0n) is 12.7. The molecule has 1 amide bonds. The number of hydrogen-bond donors (Lipinski definition) is 1. The van der Waals surface area contributed by atoms with Crippen LogP contribution in [-0.2, 0) is 0 Å². The van der Waals surface area contributed by atoms with Crippen molar-refractivity contribution in [2.75, 3.05) is 27.2 Å². The Kier molecular flexibility index (Phi) is 5.41. The SMILES string of the molecule is CN(C)C(=O)c1ccc(-c2ccc(OCCN)c(Cl)c2)cc1. The highest BCUT2D eigenvalue weighted by Crippen LogP contribution is 2.30. The molecule has 2 aromatic carbocycles. The van der Waals surface area contributed by atoms with Gasteiger partial charge in [0, 0.05) is 26.2 Å². The Labute approximate surface area is 135 Å². The normalized spacial score (nSPS) is 10.4. The van der Waals surface area contributed by atoms with Gasteiger partial charge in [0.2, 0.25) is 0 Å². The van der Waals surface area contributed by atoms with E-state index >= 15 is 0 Å². The number of ether oxygens (including phenoxy) is 1. The van der Waals surface area contributed by atoms with Crippen molar-refractivity contribution in [2.24, 2.45) is 5.73 Å². The van der Waals surface area contributed by atoms with Crippen molar-refractivity contribution in [3.63, 3.8) is 0 Å². The summed E-state index contributed by atoms with van der Waals surface area (Å²) in [5, 5.41) is 0.541. The molecule has 2 aromatic rings. The lowest BCUT2D eigenvalue weighted by molar-refractivity contribution is 0.0827. The zero-order chi connectivity index (χ0) is 16.1. The van der Waals surface area contributed by atoms with E-state index in [2.05, 4.69) is 0 Å². The lowest BCUT2D eigenvalue weighted by atomic mass is 10.0. The molecule has 0 heterocycles. The van der Waals surface area contributed by atoms with Crippen LogP contribution in [0.5, 0.6) is 5.75 Å². The van der Waals surface area contributed by atoms with Crippen molar-refractivity contribution in [1.82, 2.24) is 4.90 Å². The van der Waals surface area contributed by atoms with Gasteiger partial charge < -0.3 is 15.4 Å². The maximum Gasteiger partial charge on any atom is 0.253 e. The third-order valence-electron chi connectivity index (χ3n) is 3.18. The van der Waals surface area contributed by atoms with Crippen LogP contribution in [0.25, 0.3) is 11.1 Å². The van der Waals surface area contributed by atoms with E-state index in [0.717, 1.165) is 11.1 Å². The van der Waals surface area contributed by atoms with Gasteiger partial charge in [0.1, 0.15) is 12.4 Å². The van der Waals surface area contributed by atoms with Crippen molar-refractivity contribution in [3.8, 4) is 16.9 Å². The first-order chi connectivity index (χ1) is 10.5. The largest absolute Gasteiger partial charge is 0.491 e. The lowest BCUT2D eigenvalue weighted by Gasteiger charge is -2.11. The molecule has 0 fully saturated rings. The maximum absolute atomic E-state index is 11.9. The number of halogens is 1. The molecular formula is C17H19ClN2O2. The highest BCUT2D eigenvalue weighted by Gasteiger charge is 2.09. The Hall–Kier alpha value is -2.04. The molecule has 5 heteroatoms. The fraction of sp³-hybridized carbons (Fsp3) is 0.235. The zero-order valence-corrected chi connectivity index (χ0v) is 13.4. The molecule has 2 N–H and O–H groups in total. The number of nitrogens with two attached hydrogens (primary N) is 1. The summed E-state index contributed by atoms with van der Waals surface area (Å²) in [6.07, 6.45) is 0. The molecule has 2 rings (SSSR count). The van der Waals surface area contributed by atoms with Crippen LogP contribution in [0.3, 0.4) is 0 Å². The summed E-state index contributed by atoms with van der Waals surface area (Å²) in [5.41, 5.74) is 8.02. The first-order valence-electron chi connectivity index (χ1n) is 6.97. The number of carbonyl (C=O) groups is 1. The number of nitrogens with zero attached hydrogens (tertiary/aromatic N) is 1. The number of benzene rings is 2. The van der Waals surface area contributed by atoms with Gasteiger partial charge in [-0.05, 0) is 35.4 Å². The van der Waals surface area contributed by atoms with Gasteiger partial charge in [0.15, 0.2) is 0 Å². The summed E-state index contributed by atoms with van der Waals surface area (Å²) < 4.78 is 5.45. The molecule has 0 aliphatic rings. The van der Waals surface area contributed by atoms with E-state index in [1.165, 1.54) is 0 Å². The van der Waals surface area contributed by atoms with Crippen LogP contribution in [0.15, 0.2) is 42.5 Å². The minimum absolute atomic E-state index is 0.0184. The maximum atomic E-state index is 11.9. The fourth-order valence-electron chi connectivity index (χ4n) is 2.03. The van der Waals surface area contributed by atoms with Gasteiger partial charge in [-0.3, -0.25) is 4.79 Å². The number of rotatable bonds is 5. The van der Waals surface area contributed by atoms with Crippen LogP contribution in [0, 0.1) is 0 Å². The van der Waals surface area contributed by atoms with Crippen LogP contribution in [0.2, 0.25) is 5.02 Å². The standard InChI is InChI=1S/C17H19ClN2O2/c1-20(2)17(21)13-5-3-12(4-6-13)14-7-8-16(15(18)11-14)22-10-9-19/h3-8,11H,9-10,19H2,1-2H3. The van der Waals surface area contributed by atoms with E-state index in [-0.39, 0.29) is 5.91 Å². The molecule has 0 saturated heterocycles. The number of carbonyl (C=O) groups excluding carboxylic acids is 1. The molecule has 0 aliphatic carbocycles. The average Bonchev–Trinajstić information content (AvgIpc) is 2.53. The minimum Gasteiger partial charge on any atom is -0.491 e.